The lowest BCUT2D eigenvalue weighted by Gasteiger charge is -2.07. The predicted molar refractivity (Wildman–Crippen MR) is 75.8 cm³/mol. The van der Waals surface area contributed by atoms with E-state index in [1.165, 1.54) is 17.0 Å². The van der Waals surface area contributed by atoms with Crippen molar-refractivity contribution in [3.63, 3.8) is 0 Å². The lowest BCUT2D eigenvalue weighted by Crippen LogP contribution is -2.16. The van der Waals surface area contributed by atoms with Crippen LogP contribution in [0, 0.1) is 13.8 Å². The van der Waals surface area contributed by atoms with Crippen LogP contribution >= 0.6 is 0 Å². The van der Waals surface area contributed by atoms with E-state index in [1.807, 2.05) is 0 Å². The SMILES string of the molecule is CCn1cnnc1CNCc1cc(C)n(CC)c1C. The van der Waals surface area contributed by atoms with E-state index in [-0.39, 0.29) is 0 Å². The van der Waals surface area contributed by atoms with E-state index in [9.17, 15) is 0 Å². The third-order valence-electron chi connectivity index (χ3n) is 3.63. The zero-order valence-electron chi connectivity index (χ0n) is 12.3. The first-order chi connectivity index (χ1) is 9.17. The first-order valence-electron chi connectivity index (χ1n) is 6.90. The van der Waals surface area contributed by atoms with Crippen LogP contribution in [0.2, 0.25) is 0 Å². The van der Waals surface area contributed by atoms with E-state index < -0.39 is 0 Å². The van der Waals surface area contributed by atoms with Crippen molar-refractivity contribution in [2.45, 2.75) is 53.9 Å². The van der Waals surface area contributed by atoms with Gasteiger partial charge < -0.3 is 14.5 Å². The van der Waals surface area contributed by atoms with Crippen molar-refractivity contribution in [1.82, 2.24) is 24.6 Å². The van der Waals surface area contributed by atoms with Gasteiger partial charge >= 0.3 is 0 Å². The molecular formula is C14H23N5. The Morgan fingerprint density at radius 3 is 2.58 bits per heavy atom. The van der Waals surface area contributed by atoms with Crippen LogP contribution in [0.25, 0.3) is 0 Å². The third-order valence-corrected chi connectivity index (χ3v) is 3.63. The zero-order chi connectivity index (χ0) is 13.8. The maximum atomic E-state index is 4.12. The van der Waals surface area contributed by atoms with Gasteiger partial charge in [0.1, 0.15) is 12.2 Å². The van der Waals surface area contributed by atoms with Gasteiger partial charge in [0, 0.05) is 31.0 Å². The van der Waals surface area contributed by atoms with Gasteiger partial charge in [0.25, 0.3) is 0 Å². The second kappa shape index (κ2) is 6.02. The minimum Gasteiger partial charge on any atom is -0.349 e. The molecule has 0 atom stereocenters. The van der Waals surface area contributed by atoms with Gasteiger partial charge in [-0.15, -0.1) is 10.2 Å². The average Bonchev–Trinajstić information content (AvgIpc) is 2.95. The summed E-state index contributed by atoms with van der Waals surface area (Å²) in [6.45, 7) is 12.2. The molecule has 0 bridgehead atoms. The number of hydrogen-bond donors (Lipinski definition) is 1. The lowest BCUT2D eigenvalue weighted by atomic mass is 10.2. The first kappa shape index (κ1) is 13.8. The van der Waals surface area contributed by atoms with Crippen molar-refractivity contribution in [1.29, 1.82) is 0 Å². The van der Waals surface area contributed by atoms with E-state index in [2.05, 4.69) is 58.4 Å². The molecule has 0 amide bonds. The molecule has 104 valence electrons. The monoisotopic (exact) mass is 261 g/mol. The summed E-state index contributed by atoms with van der Waals surface area (Å²) < 4.78 is 4.40. The van der Waals surface area contributed by atoms with Crippen LogP contribution in [-0.4, -0.2) is 19.3 Å². The Bertz CT molecular complexity index is 538. The van der Waals surface area contributed by atoms with Gasteiger partial charge in [0.15, 0.2) is 0 Å². The van der Waals surface area contributed by atoms with Gasteiger partial charge in [-0.05, 0) is 39.3 Å². The van der Waals surface area contributed by atoms with Gasteiger partial charge in [-0.1, -0.05) is 0 Å². The highest BCUT2D eigenvalue weighted by Crippen LogP contribution is 2.14. The van der Waals surface area contributed by atoms with Crippen LogP contribution < -0.4 is 5.32 Å². The maximum Gasteiger partial charge on any atom is 0.146 e. The Hall–Kier alpha value is -1.62. The highest BCUT2D eigenvalue weighted by atomic mass is 15.3. The molecule has 1 N–H and O–H groups in total. The minimum absolute atomic E-state index is 0.754. The van der Waals surface area contributed by atoms with Gasteiger partial charge in [-0.3, -0.25) is 0 Å². The standard InChI is InChI=1S/C14H23N5/c1-5-18-10-16-17-14(18)9-15-8-13-7-11(3)19(6-2)12(13)4/h7,10,15H,5-6,8-9H2,1-4H3. The van der Waals surface area contributed by atoms with Crippen LogP contribution in [-0.2, 0) is 26.2 Å². The number of rotatable bonds is 6. The van der Waals surface area contributed by atoms with Crippen LogP contribution in [0.3, 0.4) is 0 Å². The highest BCUT2D eigenvalue weighted by molar-refractivity contribution is 5.26. The molecule has 2 heterocycles. The molecule has 0 aliphatic rings. The molecular weight excluding hydrogens is 238 g/mol. The number of nitrogens with one attached hydrogen (secondary N) is 1. The van der Waals surface area contributed by atoms with Crippen molar-refractivity contribution >= 4 is 0 Å². The second-order valence-electron chi connectivity index (χ2n) is 4.78. The Labute approximate surface area is 114 Å². The summed E-state index contributed by atoms with van der Waals surface area (Å²) >= 11 is 0. The van der Waals surface area contributed by atoms with Gasteiger partial charge in [-0.25, -0.2) is 0 Å². The van der Waals surface area contributed by atoms with Crippen molar-refractivity contribution in [2.24, 2.45) is 0 Å². The van der Waals surface area contributed by atoms with E-state index in [1.54, 1.807) is 6.33 Å². The van der Waals surface area contributed by atoms with Crippen LogP contribution in [0.15, 0.2) is 12.4 Å². The summed E-state index contributed by atoms with van der Waals surface area (Å²) in [6, 6.07) is 2.26. The molecule has 0 aliphatic heterocycles. The molecule has 19 heavy (non-hydrogen) atoms. The van der Waals surface area contributed by atoms with Crippen molar-refractivity contribution in [3.8, 4) is 0 Å². The van der Waals surface area contributed by atoms with Crippen LogP contribution in [0.5, 0.6) is 0 Å². The summed E-state index contributed by atoms with van der Waals surface area (Å²) in [5, 5.41) is 11.5. The fourth-order valence-electron chi connectivity index (χ4n) is 2.53. The predicted octanol–water partition coefficient (Wildman–Crippen LogP) is 2.03. The number of aromatic nitrogens is 4. The van der Waals surface area contributed by atoms with Gasteiger partial charge in [-0.2, -0.15) is 0 Å². The molecule has 0 fully saturated rings. The fourth-order valence-corrected chi connectivity index (χ4v) is 2.53. The largest absolute Gasteiger partial charge is 0.349 e. The molecule has 0 spiro atoms. The molecule has 0 aromatic carbocycles. The van der Waals surface area contributed by atoms with Crippen molar-refractivity contribution in [2.75, 3.05) is 0 Å². The normalized spacial score (nSPS) is 11.2. The molecule has 0 aliphatic carbocycles. The Kier molecular flexibility index (Phi) is 4.37. The lowest BCUT2D eigenvalue weighted by molar-refractivity contribution is 0.609. The molecule has 0 radical (unpaired) electrons. The van der Waals surface area contributed by atoms with E-state index in [0.29, 0.717) is 0 Å². The van der Waals surface area contributed by atoms with Crippen LogP contribution in [0.1, 0.15) is 36.6 Å². The topological polar surface area (TPSA) is 47.7 Å². The molecule has 5 heteroatoms. The molecule has 5 nitrogen and oxygen atoms in total. The maximum absolute atomic E-state index is 4.12. The zero-order valence-corrected chi connectivity index (χ0v) is 12.3. The van der Waals surface area contributed by atoms with Crippen LogP contribution in [0.4, 0.5) is 0 Å². The number of aryl methyl sites for hydroxylation is 2. The molecule has 0 saturated heterocycles. The molecule has 0 unspecified atom stereocenters. The second-order valence-corrected chi connectivity index (χ2v) is 4.78. The van der Waals surface area contributed by atoms with E-state index in [0.717, 1.165) is 32.0 Å². The summed E-state index contributed by atoms with van der Waals surface area (Å²) in [7, 11) is 0. The van der Waals surface area contributed by atoms with Crippen molar-refractivity contribution < 1.29 is 0 Å². The summed E-state index contributed by atoms with van der Waals surface area (Å²) in [4.78, 5) is 0. The van der Waals surface area contributed by atoms with E-state index >= 15 is 0 Å². The van der Waals surface area contributed by atoms with Gasteiger partial charge in [0.05, 0.1) is 6.54 Å². The highest BCUT2D eigenvalue weighted by Gasteiger charge is 2.08. The van der Waals surface area contributed by atoms with E-state index in [4.69, 9.17) is 0 Å². The first-order valence-corrected chi connectivity index (χ1v) is 6.90. The molecule has 0 saturated carbocycles. The number of hydrogen-bond acceptors (Lipinski definition) is 3. The number of nitrogens with zero attached hydrogens (tertiary/aromatic N) is 4. The van der Waals surface area contributed by atoms with Crippen molar-refractivity contribution in [3.05, 3.63) is 35.2 Å². The third kappa shape index (κ3) is 2.87. The fraction of sp³-hybridized carbons (Fsp3) is 0.571. The quantitative estimate of drug-likeness (QED) is 0.865. The molecule has 2 aromatic rings. The summed E-state index contributed by atoms with van der Waals surface area (Å²) in [5.74, 6) is 0.992. The summed E-state index contributed by atoms with van der Waals surface area (Å²) in [6.07, 6.45) is 1.78. The Morgan fingerprint density at radius 1 is 1.16 bits per heavy atom. The smallest absolute Gasteiger partial charge is 0.146 e. The Balaban J connectivity index is 1.96. The summed E-state index contributed by atoms with van der Waals surface area (Å²) in [5.41, 5.74) is 4.04. The van der Waals surface area contributed by atoms with Gasteiger partial charge in [0.2, 0.25) is 0 Å². The molecule has 2 aromatic heterocycles. The minimum atomic E-state index is 0.754. The Morgan fingerprint density at radius 2 is 1.95 bits per heavy atom. The average molecular weight is 261 g/mol. The molecule has 2 rings (SSSR count).